The maximum atomic E-state index is 12.6. The number of hydrazone groups is 1. The second-order valence-electron chi connectivity index (χ2n) is 6.78. The Morgan fingerprint density at radius 3 is 2.53 bits per heavy atom. The summed E-state index contributed by atoms with van der Waals surface area (Å²) in [5.74, 6) is 1.34. The molecule has 8 heteroatoms. The molecule has 32 heavy (non-hydrogen) atoms. The minimum Gasteiger partial charge on any atom is -0.493 e. The first-order valence-electron chi connectivity index (χ1n) is 9.71. The van der Waals surface area contributed by atoms with Crippen molar-refractivity contribution >= 4 is 12.0 Å². The van der Waals surface area contributed by atoms with E-state index in [9.17, 15) is 13.2 Å². The van der Waals surface area contributed by atoms with Gasteiger partial charge in [-0.25, -0.2) is 4.98 Å². The number of pyridine rings is 1. The molecule has 0 spiro atoms. The standard InChI is InChI=1S/C24H22F3N3O2/c1-3-7-19-12-18(14-29-30-22-11-10-20(15-28-22)24(25,26)27)13-21(31-2)23(19)32-16-17-8-5-4-6-9-17/h3-6,8-15H,1,7,16H2,2H3,(H,28,30)/b29-14-. The molecule has 166 valence electrons. The Kier molecular flexibility index (Phi) is 7.49. The summed E-state index contributed by atoms with van der Waals surface area (Å²) in [4.78, 5) is 3.72. The summed E-state index contributed by atoms with van der Waals surface area (Å²) >= 11 is 0. The third kappa shape index (κ3) is 6.10. The monoisotopic (exact) mass is 441 g/mol. The number of halogens is 3. The van der Waals surface area contributed by atoms with E-state index in [0.29, 0.717) is 30.1 Å². The molecule has 0 aliphatic carbocycles. The molecular formula is C24H22F3N3O2. The highest BCUT2D eigenvalue weighted by molar-refractivity contribution is 5.82. The first kappa shape index (κ1) is 22.9. The van der Waals surface area contributed by atoms with Crippen LogP contribution in [0.4, 0.5) is 19.0 Å². The molecule has 0 atom stereocenters. The summed E-state index contributed by atoms with van der Waals surface area (Å²) < 4.78 is 49.4. The van der Waals surface area contributed by atoms with Crippen LogP contribution < -0.4 is 14.9 Å². The quantitative estimate of drug-likeness (QED) is 0.257. The average molecular weight is 441 g/mol. The fourth-order valence-electron chi connectivity index (χ4n) is 2.91. The van der Waals surface area contributed by atoms with E-state index in [1.165, 1.54) is 12.3 Å². The van der Waals surface area contributed by atoms with Gasteiger partial charge in [-0.2, -0.15) is 18.3 Å². The molecule has 0 fully saturated rings. The molecule has 2 aromatic carbocycles. The Morgan fingerprint density at radius 1 is 1.12 bits per heavy atom. The van der Waals surface area contributed by atoms with Gasteiger partial charge in [0.1, 0.15) is 12.4 Å². The molecule has 0 saturated carbocycles. The van der Waals surface area contributed by atoms with Crippen molar-refractivity contribution < 1.29 is 22.6 Å². The summed E-state index contributed by atoms with van der Waals surface area (Å²) in [5, 5.41) is 4.06. The smallest absolute Gasteiger partial charge is 0.417 e. The zero-order chi connectivity index (χ0) is 23.0. The first-order chi connectivity index (χ1) is 15.4. The fraction of sp³-hybridized carbons (Fsp3) is 0.167. The molecule has 0 aliphatic heterocycles. The van der Waals surface area contributed by atoms with E-state index >= 15 is 0 Å². The number of nitrogens with zero attached hydrogens (tertiary/aromatic N) is 2. The van der Waals surface area contributed by atoms with Crippen LogP contribution >= 0.6 is 0 Å². The summed E-state index contributed by atoms with van der Waals surface area (Å²) in [6, 6.07) is 15.6. The van der Waals surface area contributed by atoms with E-state index in [2.05, 4.69) is 22.1 Å². The number of anilines is 1. The van der Waals surface area contributed by atoms with Crippen LogP contribution in [-0.2, 0) is 19.2 Å². The average Bonchev–Trinajstić information content (AvgIpc) is 2.78. The molecule has 5 nitrogen and oxygen atoms in total. The van der Waals surface area contributed by atoms with E-state index in [-0.39, 0.29) is 5.82 Å². The molecule has 0 unspecified atom stereocenters. The molecule has 0 saturated heterocycles. The lowest BCUT2D eigenvalue weighted by Crippen LogP contribution is -2.05. The largest absolute Gasteiger partial charge is 0.493 e. The van der Waals surface area contributed by atoms with Crippen LogP contribution in [0, 0.1) is 0 Å². The van der Waals surface area contributed by atoms with Crippen molar-refractivity contribution in [1.82, 2.24) is 4.98 Å². The summed E-state index contributed by atoms with van der Waals surface area (Å²) in [5.41, 5.74) is 4.40. The molecule has 3 aromatic rings. The van der Waals surface area contributed by atoms with Crippen LogP contribution in [0.25, 0.3) is 0 Å². The highest BCUT2D eigenvalue weighted by atomic mass is 19.4. The number of ether oxygens (including phenoxy) is 2. The van der Waals surface area contributed by atoms with Gasteiger partial charge in [0.25, 0.3) is 0 Å². The molecule has 1 aromatic heterocycles. The highest BCUT2D eigenvalue weighted by Gasteiger charge is 2.30. The third-order valence-electron chi connectivity index (χ3n) is 4.45. The predicted molar refractivity (Wildman–Crippen MR) is 118 cm³/mol. The van der Waals surface area contributed by atoms with E-state index in [1.54, 1.807) is 19.3 Å². The number of allylic oxidation sites excluding steroid dienone is 1. The Morgan fingerprint density at radius 2 is 1.91 bits per heavy atom. The van der Waals surface area contributed by atoms with Gasteiger partial charge in [-0.05, 0) is 41.8 Å². The fourth-order valence-corrected chi connectivity index (χ4v) is 2.91. The Balaban J connectivity index is 1.76. The molecule has 1 heterocycles. The van der Waals surface area contributed by atoms with Gasteiger partial charge in [0.2, 0.25) is 0 Å². The molecule has 0 aliphatic rings. The SMILES string of the molecule is C=CCc1cc(/C=N\Nc2ccc(C(F)(F)F)cn2)cc(OC)c1OCc1ccccc1. The van der Waals surface area contributed by atoms with Crippen molar-refractivity contribution in [3.8, 4) is 11.5 Å². The van der Waals surface area contributed by atoms with Crippen LogP contribution in [0.15, 0.2) is 78.6 Å². The van der Waals surface area contributed by atoms with E-state index < -0.39 is 11.7 Å². The lowest BCUT2D eigenvalue weighted by Gasteiger charge is -2.16. The van der Waals surface area contributed by atoms with Gasteiger partial charge in [-0.1, -0.05) is 36.4 Å². The van der Waals surface area contributed by atoms with Crippen LogP contribution in [0.5, 0.6) is 11.5 Å². The maximum absolute atomic E-state index is 12.6. The van der Waals surface area contributed by atoms with Gasteiger partial charge in [0, 0.05) is 11.8 Å². The van der Waals surface area contributed by atoms with Crippen LogP contribution in [0.3, 0.4) is 0 Å². The van der Waals surface area contributed by atoms with E-state index in [1.807, 2.05) is 36.4 Å². The second-order valence-corrected chi connectivity index (χ2v) is 6.78. The number of rotatable bonds is 9. The topological polar surface area (TPSA) is 55.7 Å². The zero-order valence-corrected chi connectivity index (χ0v) is 17.4. The van der Waals surface area contributed by atoms with Crippen molar-refractivity contribution in [2.75, 3.05) is 12.5 Å². The van der Waals surface area contributed by atoms with Crippen molar-refractivity contribution in [2.45, 2.75) is 19.2 Å². The van der Waals surface area contributed by atoms with E-state index in [4.69, 9.17) is 9.47 Å². The Bertz CT molecular complexity index is 1070. The van der Waals surface area contributed by atoms with Gasteiger partial charge in [-0.15, -0.1) is 6.58 Å². The van der Waals surface area contributed by atoms with Crippen molar-refractivity contribution in [3.63, 3.8) is 0 Å². The summed E-state index contributed by atoms with van der Waals surface area (Å²) in [6.45, 7) is 4.18. The zero-order valence-electron chi connectivity index (χ0n) is 17.4. The minimum atomic E-state index is -4.43. The number of benzene rings is 2. The third-order valence-corrected chi connectivity index (χ3v) is 4.45. The molecule has 0 amide bonds. The molecular weight excluding hydrogens is 419 g/mol. The lowest BCUT2D eigenvalue weighted by atomic mass is 10.1. The molecule has 1 N–H and O–H groups in total. The lowest BCUT2D eigenvalue weighted by molar-refractivity contribution is -0.137. The number of methoxy groups -OCH3 is 1. The van der Waals surface area contributed by atoms with Crippen LogP contribution in [-0.4, -0.2) is 18.3 Å². The number of hydrogen-bond donors (Lipinski definition) is 1. The summed E-state index contributed by atoms with van der Waals surface area (Å²) in [7, 11) is 1.55. The predicted octanol–water partition coefficient (Wildman–Crippen LogP) is 5.86. The first-order valence-corrected chi connectivity index (χ1v) is 9.71. The van der Waals surface area contributed by atoms with Gasteiger partial charge in [-0.3, -0.25) is 5.43 Å². The Labute approximate surface area is 184 Å². The van der Waals surface area contributed by atoms with Gasteiger partial charge in [0.05, 0.1) is 18.9 Å². The maximum Gasteiger partial charge on any atom is 0.417 e. The number of alkyl halides is 3. The van der Waals surface area contributed by atoms with E-state index in [0.717, 1.165) is 23.4 Å². The van der Waals surface area contributed by atoms with Gasteiger partial charge >= 0.3 is 6.18 Å². The Hall–Kier alpha value is -3.81. The number of aromatic nitrogens is 1. The highest BCUT2D eigenvalue weighted by Crippen LogP contribution is 2.34. The van der Waals surface area contributed by atoms with Crippen LogP contribution in [0.1, 0.15) is 22.3 Å². The molecule has 3 rings (SSSR count). The summed E-state index contributed by atoms with van der Waals surface area (Å²) in [6.07, 6.45) is 0.153. The molecule has 0 bridgehead atoms. The van der Waals surface area contributed by atoms with Crippen molar-refractivity contribution in [2.24, 2.45) is 5.10 Å². The normalized spacial score (nSPS) is 11.4. The van der Waals surface area contributed by atoms with Crippen molar-refractivity contribution in [1.29, 1.82) is 0 Å². The molecule has 0 radical (unpaired) electrons. The van der Waals surface area contributed by atoms with Crippen molar-refractivity contribution in [3.05, 3.63) is 95.7 Å². The second kappa shape index (κ2) is 10.5. The van der Waals surface area contributed by atoms with Crippen LogP contribution in [0.2, 0.25) is 0 Å². The minimum absolute atomic E-state index is 0.190. The van der Waals surface area contributed by atoms with Gasteiger partial charge in [0.15, 0.2) is 11.5 Å². The number of hydrogen-bond acceptors (Lipinski definition) is 5. The number of nitrogens with one attached hydrogen (secondary N) is 1. The van der Waals surface area contributed by atoms with Gasteiger partial charge < -0.3 is 9.47 Å².